The Labute approximate surface area is 161 Å². The Hall–Kier alpha value is -2.82. The van der Waals surface area contributed by atoms with E-state index in [2.05, 4.69) is 37.8 Å². The zero-order chi connectivity index (χ0) is 19.6. The van der Waals surface area contributed by atoms with Gasteiger partial charge in [-0.3, -0.25) is 4.99 Å². The molecule has 0 aliphatic carbocycles. The molecule has 1 heterocycles. The summed E-state index contributed by atoms with van der Waals surface area (Å²) in [6.45, 7) is 6.94. The molecule has 0 spiro atoms. The molecule has 0 fully saturated rings. The number of aliphatic imine (C=N–C) groups is 2. The van der Waals surface area contributed by atoms with Crippen molar-refractivity contribution in [1.82, 2.24) is 4.90 Å². The number of ether oxygens (including phenoxy) is 2. The van der Waals surface area contributed by atoms with E-state index in [9.17, 15) is 0 Å². The van der Waals surface area contributed by atoms with Gasteiger partial charge in [0.1, 0.15) is 12.5 Å². The maximum atomic E-state index is 5.43. The number of benzene rings is 2. The monoisotopic (exact) mass is 365 g/mol. The van der Waals surface area contributed by atoms with Crippen LogP contribution in [-0.2, 0) is 0 Å². The fourth-order valence-corrected chi connectivity index (χ4v) is 3.43. The highest BCUT2D eigenvalue weighted by Gasteiger charge is 2.19. The normalized spacial score (nSPS) is 15.7. The smallest absolute Gasteiger partial charge is 0.161 e. The number of hydrogen-bond donors (Lipinski definition) is 0. The highest BCUT2D eigenvalue weighted by Crippen LogP contribution is 2.30. The zero-order valence-electron chi connectivity index (χ0n) is 17.0. The Balaban J connectivity index is 1.95. The van der Waals surface area contributed by atoms with E-state index in [0.29, 0.717) is 18.8 Å². The molecule has 0 unspecified atom stereocenters. The van der Waals surface area contributed by atoms with Gasteiger partial charge in [0.2, 0.25) is 0 Å². The van der Waals surface area contributed by atoms with Crippen LogP contribution < -0.4 is 9.47 Å². The summed E-state index contributed by atoms with van der Waals surface area (Å²) in [6.07, 6.45) is 0.679. The average Bonchev–Trinajstić information content (AvgIpc) is 2.65. The van der Waals surface area contributed by atoms with Gasteiger partial charge in [0.15, 0.2) is 11.5 Å². The SMILES string of the molecule is COc1ccc(C2=NCN(C)C(=Nc3c(C)cc(C)cc3C)C2)cc1OC. The van der Waals surface area contributed by atoms with Crippen molar-refractivity contribution >= 4 is 17.2 Å². The van der Waals surface area contributed by atoms with Crippen molar-refractivity contribution in [2.75, 3.05) is 27.9 Å². The number of nitrogens with zero attached hydrogens (tertiary/aromatic N) is 3. The van der Waals surface area contributed by atoms with Crippen molar-refractivity contribution in [2.45, 2.75) is 27.2 Å². The molecule has 0 radical (unpaired) electrons. The van der Waals surface area contributed by atoms with E-state index in [-0.39, 0.29) is 0 Å². The summed E-state index contributed by atoms with van der Waals surface area (Å²) in [5.74, 6) is 2.44. The van der Waals surface area contributed by atoms with Gasteiger partial charge in [0.05, 0.1) is 25.6 Å². The highest BCUT2D eigenvalue weighted by molar-refractivity contribution is 6.13. The number of aryl methyl sites for hydroxylation is 3. The summed E-state index contributed by atoms with van der Waals surface area (Å²) in [5.41, 5.74) is 6.75. The maximum Gasteiger partial charge on any atom is 0.161 e. The molecule has 0 saturated heterocycles. The van der Waals surface area contributed by atoms with Crippen LogP contribution in [0.1, 0.15) is 28.7 Å². The molecular formula is C22H27N3O2. The first-order chi connectivity index (χ1) is 12.9. The lowest BCUT2D eigenvalue weighted by Gasteiger charge is -2.26. The lowest BCUT2D eigenvalue weighted by atomic mass is 10.0. The van der Waals surface area contributed by atoms with E-state index in [1.54, 1.807) is 14.2 Å². The van der Waals surface area contributed by atoms with Crippen LogP contribution in [0.2, 0.25) is 0 Å². The van der Waals surface area contributed by atoms with Crippen molar-refractivity contribution in [3.63, 3.8) is 0 Å². The Morgan fingerprint density at radius 3 is 2.26 bits per heavy atom. The number of rotatable bonds is 4. The van der Waals surface area contributed by atoms with E-state index < -0.39 is 0 Å². The van der Waals surface area contributed by atoms with Crippen LogP contribution in [0.25, 0.3) is 0 Å². The Kier molecular flexibility index (Phi) is 5.49. The van der Waals surface area contributed by atoms with Gasteiger partial charge in [-0.15, -0.1) is 0 Å². The third-order valence-electron chi connectivity index (χ3n) is 4.83. The van der Waals surface area contributed by atoms with Crippen molar-refractivity contribution in [3.05, 3.63) is 52.6 Å². The third kappa shape index (κ3) is 3.97. The number of hydrogen-bond acceptors (Lipinski definition) is 4. The van der Waals surface area contributed by atoms with E-state index in [4.69, 9.17) is 19.5 Å². The molecule has 0 atom stereocenters. The second-order valence-electron chi connectivity index (χ2n) is 6.97. The Morgan fingerprint density at radius 1 is 0.963 bits per heavy atom. The molecule has 142 valence electrons. The minimum atomic E-state index is 0.590. The summed E-state index contributed by atoms with van der Waals surface area (Å²) in [4.78, 5) is 11.8. The van der Waals surface area contributed by atoms with Gasteiger partial charge in [-0.2, -0.15) is 0 Å². The molecule has 27 heavy (non-hydrogen) atoms. The predicted octanol–water partition coefficient (Wildman–Crippen LogP) is 4.44. The molecule has 5 heteroatoms. The maximum absolute atomic E-state index is 5.43. The van der Waals surface area contributed by atoms with Gasteiger partial charge in [0, 0.05) is 13.5 Å². The van der Waals surface area contributed by atoms with Crippen molar-refractivity contribution in [2.24, 2.45) is 9.98 Å². The molecule has 1 aliphatic heterocycles. The minimum absolute atomic E-state index is 0.590. The molecule has 5 nitrogen and oxygen atoms in total. The lowest BCUT2D eigenvalue weighted by Crippen LogP contribution is -2.34. The van der Waals surface area contributed by atoms with Crippen LogP contribution in [0, 0.1) is 20.8 Å². The fourth-order valence-electron chi connectivity index (χ4n) is 3.43. The van der Waals surface area contributed by atoms with Gasteiger partial charge in [0.25, 0.3) is 0 Å². The molecule has 1 aliphatic rings. The van der Waals surface area contributed by atoms with E-state index in [0.717, 1.165) is 28.5 Å². The summed E-state index contributed by atoms with van der Waals surface area (Å²) in [5, 5.41) is 0. The average molecular weight is 365 g/mol. The van der Waals surface area contributed by atoms with Crippen LogP contribution >= 0.6 is 0 Å². The molecule has 2 aromatic carbocycles. The Morgan fingerprint density at radius 2 is 1.63 bits per heavy atom. The van der Waals surface area contributed by atoms with Crippen LogP contribution in [0.15, 0.2) is 40.3 Å². The molecule has 0 amide bonds. The van der Waals surface area contributed by atoms with E-state index in [1.165, 1.54) is 16.7 Å². The summed E-state index contributed by atoms with van der Waals surface area (Å²) >= 11 is 0. The minimum Gasteiger partial charge on any atom is -0.493 e. The number of methoxy groups -OCH3 is 2. The van der Waals surface area contributed by atoms with Crippen LogP contribution in [0.4, 0.5) is 5.69 Å². The highest BCUT2D eigenvalue weighted by atomic mass is 16.5. The molecule has 0 N–H and O–H groups in total. The topological polar surface area (TPSA) is 46.4 Å². The second kappa shape index (κ2) is 7.82. The van der Waals surface area contributed by atoms with Gasteiger partial charge >= 0.3 is 0 Å². The molecule has 3 rings (SSSR count). The van der Waals surface area contributed by atoms with Crippen molar-refractivity contribution < 1.29 is 9.47 Å². The third-order valence-corrected chi connectivity index (χ3v) is 4.83. The number of amidine groups is 1. The fraction of sp³-hybridized carbons (Fsp3) is 0.364. The second-order valence-corrected chi connectivity index (χ2v) is 6.97. The van der Waals surface area contributed by atoms with Gasteiger partial charge in [-0.05, 0) is 55.7 Å². The quantitative estimate of drug-likeness (QED) is 0.805. The van der Waals surface area contributed by atoms with Crippen molar-refractivity contribution in [1.29, 1.82) is 0 Å². The largest absolute Gasteiger partial charge is 0.493 e. The summed E-state index contributed by atoms with van der Waals surface area (Å²) < 4.78 is 10.8. The van der Waals surface area contributed by atoms with Gasteiger partial charge in [-0.25, -0.2) is 4.99 Å². The van der Waals surface area contributed by atoms with Crippen LogP contribution in [0.5, 0.6) is 11.5 Å². The molecular weight excluding hydrogens is 338 g/mol. The molecule has 0 saturated carbocycles. The molecule has 0 bridgehead atoms. The Bertz CT molecular complexity index is 893. The predicted molar refractivity (Wildman–Crippen MR) is 111 cm³/mol. The molecule has 2 aromatic rings. The van der Waals surface area contributed by atoms with E-state index >= 15 is 0 Å². The lowest BCUT2D eigenvalue weighted by molar-refractivity contribution is 0.355. The summed E-state index contributed by atoms with van der Waals surface area (Å²) in [6, 6.07) is 10.3. The van der Waals surface area contributed by atoms with E-state index in [1.807, 2.05) is 25.2 Å². The first-order valence-electron chi connectivity index (χ1n) is 9.05. The van der Waals surface area contributed by atoms with Gasteiger partial charge in [-0.1, -0.05) is 17.7 Å². The first-order valence-corrected chi connectivity index (χ1v) is 9.05. The summed E-state index contributed by atoms with van der Waals surface area (Å²) in [7, 11) is 5.32. The standard InChI is InChI=1S/C22H27N3O2/c1-14-9-15(2)22(16(3)10-14)24-21-12-18(23-13-25(21)4)17-7-8-19(26-5)20(11-17)27-6/h7-11H,12-13H2,1-6H3. The first kappa shape index (κ1) is 19.0. The van der Waals surface area contributed by atoms with Gasteiger partial charge < -0.3 is 14.4 Å². The zero-order valence-corrected chi connectivity index (χ0v) is 17.0. The van der Waals surface area contributed by atoms with Crippen molar-refractivity contribution in [3.8, 4) is 11.5 Å². The molecule has 0 aromatic heterocycles. The van der Waals surface area contributed by atoms with Crippen LogP contribution in [-0.4, -0.2) is 44.4 Å². The van der Waals surface area contributed by atoms with Crippen LogP contribution in [0.3, 0.4) is 0 Å².